The zero-order valence-corrected chi connectivity index (χ0v) is 17.0. The van der Waals surface area contributed by atoms with Crippen molar-refractivity contribution in [2.45, 2.75) is 19.2 Å². The van der Waals surface area contributed by atoms with Crippen LogP contribution in [0.25, 0.3) is 11.5 Å². The first-order chi connectivity index (χ1) is 14.5. The summed E-state index contributed by atoms with van der Waals surface area (Å²) in [5, 5.41) is 2.74. The van der Waals surface area contributed by atoms with Crippen LogP contribution in [-0.2, 0) is 27.9 Å². The highest BCUT2D eigenvalue weighted by molar-refractivity contribution is 7.84. The van der Waals surface area contributed by atoms with Gasteiger partial charge >= 0.3 is 0 Å². The SMILES string of the molecule is Cc1oc(-c2ccccc2F)nc1C[S@@](=O)CC(=O)NCc1ccc2c(c1)OCO2. The van der Waals surface area contributed by atoms with E-state index in [0.717, 1.165) is 5.56 Å². The van der Waals surface area contributed by atoms with E-state index in [1.807, 2.05) is 6.07 Å². The van der Waals surface area contributed by atoms with Crippen LogP contribution in [0.5, 0.6) is 11.5 Å². The van der Waals surface area contributed by atoms with E-state index in [4.69, 9.17) is 13.9 Å². The van der Waals surface area contributed by atoms with Crippen molar-refractivity contribution >= 4 is 16.7 Å². The molecule has 9 heteroatoms. The Kier molecular flexibility index (Phi) is 5.80. The number of oxazole rings is 1. The molecule has 3 aromatic rings. The molecule has 7 nitrogen and oxygen atoms in total. The van der Waals surface area contributed by atoms with Gasteiger partial charge in [-0.3, -0.25) is 9.00 Å². The Morgan fingerprint density at radius 2 is 2.00 bits per heavy atom. The molecule has 1 atom stereocenters. The molecule has 0 fully saturated rings. The first-order valence-corrected chi connectivity index (χ1v) is 10.7. The lowest BCUT2D eigenvalue weighted by Crippen LogP contribution is -2.28. The van der Waals surface area contributed by atoms with Gasteiger partial charge in [-0.2, -0.15) is 0 Å². The number of benzene rings is 2. The van der Waals surface area contributed by atoms with Crippen molar-refractivity contribution in [2.24, 2.45) is 0 Å². The molecule has 0 aliphatic carbocycles. The second-order valence-corrected chi connectivity index (χ2v) is 8.15. The number of nitrogens with zero attached hydrogens (tertiary/aromatic N) is 1. The number of amides is 1. The third-order valence-corrected chi connectivity index (χ3v) is 5.69. The first kappa shape index (κ1) is 20.1. The molecule has 0 radical (unpaired) electrons. The third-order valence-electron chi connectivity index (χ3n) is 4.51. The van der Waals surface area contributed by atoms with Crippen LogP contribution in [0.1, 0.15) is 17.0 Å². The first-order valence-electron chi connectivity index (χ1n) is 9.21. The number of ether oxygens (including phenoxy) is 2. The average Bonchev–Trinajstić information content (AvgIpc) is 3.33. The van der Waals surface area contributed by atoms with Gasteiger partial charge in [0.05, 0.1) is 17.0 Å². The topological polar surface area (TPSA) is 90.7 Å². The number of fused-ring (bicyclic) bond motifs is 1. The highest BCUT2D eigenvalue weighted by Gasteiger charge is 2.18. The summed E-state index contributed by atoms with van der Waals surface area (Å²) in [7, 11) is -1.49. The van der Waals surface area contributed by atoms with Gasteiger partial charge in [0, 0.05) is 17.3 Å². The summed E-state index contributed by atoms with van der Waals surface area (Å²) in [5.74, 6) is 0.956. The van der Waals surface area contributed by atoms with E-state index in [1.54, 1.807) is 37.3 Å². The lowest BCUT2D eigenvalue weighted by Gasteiger charge is -2.06. The third kappa shape index (κ3) is 4.51. The van der Waals surface area contributed by atoms with Crippen molar-refractivity contribution in [3.8, 4) is 23.0 Å². The quantitative estimate of drug-likeness (QED) is 0.620. The molecule has 4 rings (SSSR count). The summed E-state index contributed by atoms with van der Waals surface area (Å²) in [6, 6.07) is 11.5. The van der Waals surface area contributed by atoms with Crippen LogP contribution in [0, 0.1) is 12.7 Å². The molecule has 1 aliphatic heterocycles. The van der Waals surface area contributed by atoms with E-state index in [0.29, 0.717) is 23.0 Å². The van der Waals surface area contributed by atoms with Gasteiger partial charge in [-0.25, -0.2) is 9.37 Å². The largest absolute Gasteiger partial charge is 0.454 e. The minimum atomic E-state index is -1.49. The second kappa shape index (κ2) is 8.66. The van der Waals surface area contributed by atoms with Gasteiger partial charge in [0.15, 0.2) is 11.5 Å². The average molecular weight is 430 g/mol. The van der Waals surface area contributed by atoms with Gasteiger partial charge in [-0.1, -0.05) is 18.2 Å². The summed E-state index contributed by atoms with van der Waals surface area (Å²) >= 11 is 0. The smallest absolute Gasteiger partial charge is 0.232 e. The van der Waals surface area contributed by atoms with Gasteiger partial charge < -0.3 is 19.2 Å². The molecule has 1 amide bonds. The lowest BCUT2D eigenvalue weighted by atomic mass is 10.2. The minimum absolute atomic E-state index is 0.0429. The minimum Gasteiger partial charge on any atom is -0.454 e. The Hall–Kier alpha value is -3.20. The van der Waals surface area contributed by atoms with Crippen LogP contribution in [0.3, 0.4) is 0 Å². The van der Waals surface area contributed by atoms with Crippen molar-refractivity contribution in [3.63, 3.8) is 0 Å². The summed E-state index contributed by atoms with van der Waals surface area (Å²) in [4.78, 5) is 16.4. The van der Waals surface area contributed by atoms with Crippen molar-refractivity contribution in [1.29, 1.82) is 0 Å². The highest BCUT2D eigenvalue weighted by Crippen LogP contribution is 2.32. The van der Waals surface area contributed by atoms with Crippen molar-refractivity contribution < 1.29 is 27.3 Å². The van der Waals surface area contributed by atoms with Gasteiger partial charge in [0.1, 0.15) is 17.3 Å². The van der Waals surface area contributed by atoms with Crippen LogP contribution in [0.2, 0.25) is 0 Å². The number of hydrogen-bond donors (Lipinski definition) is 1. The van der Waals surface area contributed by atoms with E-state index >= 15 is 0 Å². The maximum atomic E-state index is 13.9. The molecule has 0 spiro atoms. The fourth-order valence-electron chi connectivity index (χ4n) is 2.96. The normalized spacial score (nSPS) is 13.3. The Balaban J connectivity index is 1.32. The number of aryl methyl sites for hydroxylation is 1. The van der Waals surface area contributed by atoms with Crippen molar-refractivity contribution in [1.82, 2.24) is 10.3 Å². The summed E-state index contributed by atoms with van der Waals surface area (Å²) in [5.41, 5.74) is 1.52. The van der Waals surface area contributed by atoms with E-state index in [2.05, 4.69) is 10.3 Å². The van der Waals surface area contributed by atoms with Crippen LogP contribution >= 0.6 is 0 Å². The van der Waals surface area contributed by atoms with E-state index < -0.39 is 16.6 Å². The van der Waals surface area contributed by atoms with E-state index in [1.165, 1.54) is 6.07 Å². The van der Waals surface area contributed by atoms with Crippen LogP contribution < -0.4 is 14.8 Å². The van der Waals surface area contributed by atoms with E-state index in [-0.39, 0.29) is 42.2 Å². The molecule has 1 aliphatic rings. The van der Waals surface area contributed by atoms with Crippen molar-refractivity contribution in [3.05, 3.63) is 65.3 Å². The number of halogens is 1. The van der Waals surface area contributed by atoms with Crippen molar-refractivity contribution in [2.75, 3.05) is 12.5 Å². The zero-order chi connectivity index (χ0) is 21.1. The van der Waals surface area contributed by atoms with Crippen LogP contribution in [0.15, 0.2) is 46.9 Å². The van der Waals surface area contributed by atoms with Gasteiger partial charge in [-0.15, -0.1) is 0 Å². The highest BCUT2D eigenvalue weighted by atomic mass is 32.2. The predicted molar refractivity (Wildman–Crippen MR) is 108 cm³/mol. The Morgan fingerprint density at radius 1 is 1.20 bits per heavy atom. The van der Waals surface area contributed by atoms with Crippen LogP contribution in [0.4, 0.5) is 4.39 Å². The van der Waals surface area contributed by atoms with Gasteiger partial charge in [0.25, 0.3) is 0 Å². The lowest BCUT2D eigenvalue weighted by molar-refractivity contribution is -0.118. The number of carbonyl (C=O) groups is 1. The summed E-state index contributed by atoms with van der Waals surface area (Å²) in [6.45, 7) is 2.14. The Bertz CT molecular complexity index is 1110. The molecular weight excluding hydrogens is 411 g/mol. The number of carbonyl (C=O) groups excluding carboxylic acids is 1. The maximum absolute atomic E-state index is 13.9. The van der Waals surface area contributed by atoms with E-state index in [9.17, 15) is 13.4 Å². The number of nitrogens with one attached hydrogen (secondary N) is 1. The summed E-state index contributed by atoms with van der Waals surface area (Å²) < 4.78 is 42.4. The molecule has 0 bridgehead atoms. The fourth-order valence-corrected chi connectivity index (χ4v) is 4.03. The van der Waals surface area contributed by atoms with Gasteiger partial charge in [0.2, 0.25) is 18.6 Å². The zero-order valence-electron chi connectivity index (χ0n) is 16.1. The summed E-state index contributed by atoms with van der Waals surface area (Å²) in [6.07, 6.45) is 0. The monoisotopic (exact) mass is 430 g/mol. The molecule has 0 saturated heterocycles. The molecule has 0 unspecified atom stereocenters. The number of rotatable bonds is 7. The molecular formula is C21H19FN2O5S. The number of aromatic nitrogens is 1. The predicted octanol–water partition coefficient (Wildman–Crippen LogP) is 3.08. The molecule has 0 saturated carbocycles. The molecule has 30 heavy (non-hydrogen) atoms. The standard InChI is InChI=1S/C21H19FN2O5S/c1-13-17(24-21(29-13)15-4-2-3-5-16(15)22)10-30(26)11-20(25)23-9-14-6-7-18-19(8-14)28-12-27-18/h2-8H,9-12H2,1H3,(H,23,25)/t30-/m1/s1. The fraction of sp³-hybridized carbons (Fsp3) is 0.238. The molecule has 156 valence electrons. The molecule has 1 N–H and O–H groups in total. The number of hydrogen-bond acceptors (Lipinski definition) is 6. The second-order valence-electron chi connectivity index (χ2n) is 6.69. The Labute approximate surface area is 174 Å². The van der Waals surface area contributed by atoms with Gasteiger partial charge in [-0.05, 0) is 36.8 Å². The maximum Gasteiger partial charge on any atom is 0.232 e. The van der Waals surface area contributed by atoms with Crippen LogP contribution in [-0.4, -0.2) is 27.6 Å². The Morgan fingerprint density at radius 3 is 2.83 bits per heavy atom. The molecule has 1 aromatic heterocycles. The molecule has 2 aromatic carbocycles. The molecule has 2 heterocycles.